The Morgan fingerprint density at radius 1 is 1.14 bits per heavy atom. The van der Waals surface area contributed by atoms with Crippen LogP contribution in [0.3, 0.4) is 0 Å². The Morgan fingerprint density at radius 3 is 2.66 bits per heavy atom. The zero-order valence-corrected chi connectivity index (χ0v) is 14.8. The van der Waals surface area contributed by atoms with E-state index in [1.807, 2.05) is 6.07 Å². The Morgan fingerprint density at radius 2 is 1.97 bits per heavy atom. The second-order valence-electron chi connectivity index (χ2n) is 5.78. The lowest BCUT2D eigenvalue weighted by Crippen LogP contribution is -2.04. The van der Waals surface area contributed by atoms with E-state index < -0.39 is 24.0 Å². The normalized spacial score (nSPS) is 10.2. The molecule has 146 valence electrons. The average molecular weight is 397 g/mol. The van der Waals surface area contributed by atoms with Crippen molar-refractivity contribution in [2.45, 2.75) is 13.0 Å². The van der Waals surface area contributed by atoms with Crippen LogP contribution in [0.5, 0.6) is 17.4 Å². The molecule has 29 heavy (non-hydrogen) atoms. The standard InChI is InChI=1S/C20H13F2N3O4/c21-15-9-14(3-2-13(15)8-20(26)27)29-19-5-6-24-18(25-19)11-28-17-4-1-12(10-23)7-16(17)22/h1-7,9H,8,11H2,(H,26,27). The largest absolute Gasteiger partial charge is 0.483 e. The minimum absolute atomic E-state index is 0.0334. The fourth-order valence-corrected chi connectivity index (χ4v) is 2.36. The number of carbonyl (C=O) groups is 1. The number of nitrogens with zero attached hydrogens (tertiary/aromatic N) is 3. The van der Waals surface area contributed by atoms with Crippen LogP contribution in [0.1, 0.15) is 17.0 Å². The van der Waals surface area contributed by atoms with Crippen LogP contribution >= 0.6 is 0 Å². The van der Waals surface area contributed by atoms with E-state index in [9.17, 15) is 13.6 Å². The van der Waals surface area contributed by atoms with Crippen LogP contribution in [0.25, 0.3) is 0 Å². The molecule has 2 aromatic carbocycles. The van der Waals surface area contributed by atoms with Gasteiger partial charge in [-0.05, 0) is 29.8 Å². The molecular weight excluding hydrogens is 384 g/mol. The van der Waals surface area contributed by atoms with Gasteiger partial charge in [-0.1, -0.05) is 6.07 Å². The number of halogens is 2. The number of benzene rings is 2. The van der Waals surface area contributed by atoms with Gasteiger partial charge in [-0.3, -0.25) is 4.79 Å². The van der Waals surface area contributed by atoms with Crippen molar-refractivity contribution in [3.63, 3.8) is 0 Å². The molecule has 0 amide bonds. The lowest BCUT2D eigenvalue weighted by atomic mass is 10.1. The molecule has 0 spiro atoms. The minimum Gasteiger partial charge on any atom is -0.483 e. The van der Waals surface area contributed by atoms with Gasteiger partial charge < -0.3 is 14.6 Å². The van der Waals surface area contributed by atoms with Gasteiger partial charge in [0.2, 0.25) is 5.88 Å². The maximum absolute atomic E-state index is 13.9. The number of hydrogen-bond donors (Lipinski definition) is 1. The van der Waals surface area contributed by atoms with Crippen molar-refractivity contribution in [3.8, 4) is 23.4 Å². The Balaban J connectivity index is 1.67. The predicted octanol–water partition coefficient (Wildman–Crippen LogP) is 3.62. The number of nitriles is 1. The molecule has 1 aromatic heterocycles. The minimum atomic E-state index is -1.14. The maximum atomic E-state index is 13.9. The first-order valence-electron chi connectivity index (χ1n) is 8.27. The van der Waals surface area contributed by atoms with Crippen molar-refractivity contribution in [3.05, 3.63) is 77.2 Å². The molecule has 0 radical (unpaired) electrons. The average Bonchev–Trinajstić information content (AvgIpc) is 2.69. The lowest BCUT2D eigenvalue weighted by Gasteiger charge is -2.09. The van der Waals surface area contributed by atoms with Crippen LogP contribution in [0, 0.1) is 23.0 Å². The Kier molecular flexibility index (Phi) is 5.94. The molecule has 0 atom stereocenters. The Labute approximate surface area is 163 Å². The summed E-state index contributed by atoms with van der Waals surface area (Å²) < 4.78 is 38.6. The molecule has 7 nitrogen and oxygen atoms in total. The van der Waals surface area contributed by atoms with Gasteiger partial charge in [0, 0.05) is 18.3 Å². The number of aromatic nitrogens is 2. The van der Waals surface area contributed by atoms with Crippen molar-refractivity contribution in [1.29, 1.82) is 5.26 Å². The highest BCUT2D eigenvalue weighted by molar-refractivity contribution is 5.70. The van der Waals surface area contributed by atoms with E-state index in [1.165, 1.54) is 36.5 Å². The first kappa shape index (κ1) is 19.7. The van der Waals surface area contributed by atoms with Crippen LogP contribution in [-0.4, -0.2) is 21.0 Å². The smallest absolute Gasteiger partial charge is 0.307 e. The molecule has 0 aliphatic carbocycles. The SMILES string of the molecule is N#Cc1ccc(OCc2nccc(Oc3ccc(CC(=O)O)c(F)c3)n2)c(F)c1. The molecule has 0 fully saturated rings. The summed E-state index contributed by atoms with van der Waals surface area (Å²) >= 11 is 0. The number of ether oxygens (including phenoxy) is 2. The van der Waals surface area contributed by atoms with Gasteiger partial charge in [0.1, 0.15) is 18.2 Å². The van der Waals surface area contributed by atoms with Crippen LogP contribution < -0.4 is 9.47 Å². The second kappa shape index (κ2) is 8.75. The molecule has 0 unspecified atom stereocenters. The highest BCUT2D eigenvalue weighted by atomic mass is 19.1. The molecular formula is C20H13F2N3O4. The van der Waals surface area contributed by atoms with Crippen molar-refractivity contribution in [2.24, 2.45) is 0 Å². The summed E-state index contributed by atoms with van der Waals surface area (Å²) in [6.07, 6.45) is 0.957. The molecule has 0 saturated carbocycles. The molecule has 0 saturated heterocycles. The zero-order chi connectivity index (χ0) is 20.8. The van der Waals surface area contributed by atoms with Gasteiger partial charge in [-0.15, -0.1) is 0 Å². The molecule has 0 aliphatic heterocycles. The first-order valence-corrected chi connectivity index (χ1v) is 8.27. The number of carboxylic acids is 1. The van der Waals surface area contributed by atoms with E-state index >= 15 is 0 Å². The number of aliphatic carboxylic acids is 1. The van der Waals surface area contributed by atoms with E-state index in [0.717, 1.165) is 12.1 Å². The van der Waals surface area contributed by atoms with Crippen LogP contribution in [0.2, 0.25) is 0 Å². The molecule has 3 aromatic rings. The third kappa shape index (κ3) is 5.23. The van der Waals surface area contributed by atoms with Crippen LogP contribution in [0.4, 0.5) is 8.78 Å². The highest BCUT2D eigenvalue weighted by Gasteiger charge is 2.10. The van der Waals surface area contributed by atoms with Gasteiger partial charge in [0.05, 0.1) is 18.1 Å². The van der Waals surface area contributed by atoms with Crippen LogP contribution in [-0.2, 0) is 17.8 Å². The molecule has 1 heterocycles. The van der Waals surface area contributed by atoms with Crippen molar-refractivity contribution in [2.75, 3.05) is 0 Å². The lowest BCUT2D eigenvalue weighted by molar-refractivity contribution is -0.136. The topological polar surface area (TPSA) is 105 Å². The Hall–Kier alpha value is -4.06. The first-order chi connectivity index (χ1) is 13.9. The van der Waals surface area contributed by atoms with E-state index in [-0.39, 0.29) is 40.9 Å². The highest BCUT2D eigenvalue weighted by Crippen LogP contribution is 2.23. The quantitative estimate of drug-likeness (QED) is 0.649. The second-order valence-corrected chi connectivity index (χ2v) is 5.78. The maximum Gasteiger partial charge on any atom is 0.307 e. The fraction of sp³-hybridized carbons (Fsp3) is 0.100. The summed E-state index contributed by atoms with van der Waals surface area (Å²) in [4.78, 5) is 18.8. The summed E-state index contributed by atoms with van der Waals surface area (Å²) in [5, 5.41) is 17.5. The summed E-state index contributed by atoms with van der Waals surface area (Å²) in [5.74, 6) is -2.18. The van der Waals surface area contributed by atoms with Gasteiger partial charge in [0.25, 0.3) is 0 Å². The van der Waals surface area contributed by atoms with Gasteiger partial charge in [-0.2, -0.15) is 10.2 Å². The summed E-state index contributed by atoms with van der Waals surface area (Å²) in [5.41, 5.74) is 0.203. The molecule has 0 aliphatic rings. The van der Waals surface area contributed by atoms with E-state index in [2.05, 4.69) is 9.97 Å². The molecule has 3 rings (SSSR count). The number of hydrogen-bond acceptors (Lipinski definition) is 6. The Bertz CT molecular complexity index is 1100. The molecule has 9 heteroatoms. The van der Waals surface area contributed by atoms with Crippen LogP contribution in [0.15, 0.2) is 48.7 Å². The monoisotopic (exact) mass is 397 g/mol. The van der Waals surface area contributed by atoms with Crippen molar-refractivity contribution in [1.82, 2.24) is 9.97 Å². The van der Waals surface area contributed by atoms with E-state index in [4.69, 9.17) is 19.8 Å². The summed E-state index contributed by atoms with van der Waals surface area (Å²) in [6, 6.07) is 10.9. The fourth-order valence-electron chi connectivity index (χ4n) is 2.36. The third-order valence-corrected chi connectivity index (χ3v) is 3.69. The third-order valence-electron chi connectivity index (χ3n) is 3.69. The predicted molar refractivity (Wildman–Crippen MR) is 95.3 cm³/mol. The van der Waals surface area contributed by atoms with Gasteiger partial charge in [-0.25, -0.2) is 13.8 Å². The molecule has 0 bridgehead atoms. The number of carboxylic acid groups (broad SMARTS) is 1. The molecule has 1 N–H and O–H groups in total. The van der Waals surface area contributed by atoms with E-state index in [1.54, 1.807) is 0 Å². The van der Waals surface area contributed by atoms with E-state index in [0.29, 0.717) is 0 Å². The van der Waals surface area contributed by atoms with Gasteiger partial charge in [0.15, 0.2) is 17.4 Å². The zero-order valence-electron chi connectivity index (χ0n) is 14.8. The van der Waals surface area contributed by atoms with Crippen molar-refractivity contribution >= 4 is 5.97 Å². The summed E-state index contributed by atoms with van der Waals surface area (Å²) in [6.45, 7) is -0.161. The number of rotatable bonds is 7. The summed E-state index contributed by atoms with van der Waals surface area (Å²) in [7, 11) is 0. The van der Waals surface area contributed by atoms with Gasteiger partial charge >= 0.3 is 5.97 Å². The van der Waals surface area contributed by atoms with Crippen molar-refractivity contribution < 1.29 is 28.2 Å².